The molecule has 3 rings (SSSR count). The number of rotatable bonds is 4. The van der Waals surface area contributed by atoms with Crippen LogP contribution < -0.4 is 0 Å². The number of carbonyl (C=O) groups is 1. The van der Waals surface area contributed by atoms with E-state index in [1.165, 1.54) is 0 Å². The lowest BCUT2D eigenvalue weighted by atomic mass is 9.87. The molecule has 0 spiro atoms. The topological polar surface area (TPSA) is 40.5 Å². The average Bonchev–Trinajstić information content (AvgIpc) is 2.57. The monoisotopic (exact) mass is 293 g/mol. The molecular weight excluding hydrogens is 274 g/mol. The molecule has 1 amide bonds. The molecule has 1 unspecified atom stereocenters. The number of hydrogen-bond acceptors (Lipinski definition) is 2. The van der Waals surface area contributed by atoms with Crippen molar-refractivity contribution in [2.24, 2.45) is 0 Å². The van der Waals surface area contributed by atoms with Gasteiger partial charge in [-0.25, -0.2) is 0 Å². The van der Waals surface area contributed by atoms with Gasteiger partial charge in [0, 0.05) is 18.7 Å². The van der Waals surface area contributed by atoms with Gasteiger partial charge in [0.05, 0.1) is 6.04 Å². The summed E-state index contributed by atoms with van der Waals surface area (Å²) in [7, 11) is 0. The fourth-order valence-electron chi connectivity index (χ4n) is 3.03. The van der Waals surface area contributed by atoms with Crippen molar-refractivity contribution in [1.29, 1.82) is 0 Å². The predicted molar refractivity (Wildman–Crippen MR) is 87.3 cm³/mol. The third kappa shape index (κ3) is 2.55. The lowest BCUT2D eigenvalue weighted by molar-refractivity contribution is 0.0670. The number of aliphatic hydroxyl groups excluding tert-OH is 1. The summed E-state index contributed by atoms with van der Waals surface area (Å²) in [6.07, 6.45) is 0.506. The second-order valence-electron chi connectivity index (χ2n) is 5.52. The fourth-order valence-corrected chi connectivity index (χ4v) is 3.03. The Morgan fingerprint density at radius 1 is 1.00 bits per heavy atom. The fraction of sp³-hybridized carbons (Fsp3) is 0.211. The minimum Gasteiger partial charge on any atom is -0.396 e. The van der Waals surface area contributed by atoms with Crippen molar-refractivity contribution in [1.82, 2.24) is 4.90 Å². The standard InChI is InChI=1S/C19H19NO2/c1-14-16-9-5-6-10-17(16)19(22)20(18(14)11-12-21)13-15-7-3-2-4-8-15/h2-10,18,21H,1,11-13H2. The third-order valence-electron chi connectivity index (χ3n) is 4.14. The van der Waals surface area contributed by atoms with Crippen LogP contribution in [0.1, 0.15) is 27.9 Å². The van der Waals surface area contributed by atoms with Crippen LogP contribution in [0.4, 0.5) is 0 Å². The van der Waals surface area contributed by atoms with Crippen molar-refractivity contribution in [3.63, 3.8) is 0 Å². The Morgan fingerprint density at radius 3 is 2.32 bits per heavy atom. The highest BCUT2D eigenvalue weighted by Crippen LogP contribution is 2.33. The second-order valence-corrected chi connectivity index (χ2v) is 5.52. The van der Waals surface area contributed by atoms with Gasteiger partial charge < -0.3 is 10.0 Å². The van der Waals surface area contributed by atoms with Crippen LogP contribution in [0.3, 0.4) is 0 Å². The third-order valence-corrected chi connectivity index (χ3v) is 4.14. The molecule has 112 valence electrons. The molecule has 0 bridgehead atoms. The van der Waals surface area contributed by atoms with E-state index in [0.29, 0.717) is 18.5 Å². The van der Waals surface area contributed by atoms with Gasteiger partial charge in [-0.05, 0) is 29.2 Å². The van der Waals surface area contributed by atoms with E-state index >= 15 is 0 Å². The van der Waals surface area contributed by atoms with Crippen LogP contribution in [0, 0.1) is 0 Å². The summed E-state index contributed by atoms with van der Waals surface area (Å²) in [5.41, 5.74) is 3.57. The molecule has 1 heterocycles. The van der Waals surface area contributed by atoms with Gasteiger partial charge in [-0.3, -0.25) is 4.79 Å². The molecular formula is C19H19NO2. The number of amides is 1. The Hall–Kier alpha value is -2.39. The van der Waals surface area contributed by atoms with E-state index in [1.807, 2.05) is 59.5 Å². The van der Waals surface area contributed by atoms with Gasteiger partial charge in [-0.2, -0.15) is 0 Å². The van der Waals surface area contributed by atoms with Crippen LogP contribution in [-0.2, 0) is 6.54 Å². The first-order chi connectivity index (χ1) is 10.7. The Balaban J connectivity index is 1.99. The van der Waals surface area contributed by atoms with E-state index in [1.54, 1.807) is 0 Å². The molecule has 2 aromatic rings. The van der Waals surface area contributed by atoms with Crippen LogP contribution >= 0.6 is 0 Å². The highest BCUT2D eigenvalue weighted by Gasteiger charge is 2.34. The maximum Gasteiger partial charge on any atom is 0.255 e. The van der Waals surface area contributed by atoms with Gasteiger partial charge in [0.1, 0.15) is 0 Å². The van der Waals surface area contributed by atoms with Gasteiger partial charge in [-0.1, -0.05) is 55.1 Å². The smallest absolute Gasteiger partial charge is 0.255 e. The van der Waals surface area contributed by atoms with E-state index in [2.05, 4.69) is 6.58 Å². The van der Waals surface area contributed by atoms with E-state index in [9.17, 15) is 9.90 Å². The Morgan fingerprint density at radius 2 is 1.64 bits per heavy atom. The number of aliphatic hydroxyl groups is 1. The Labute approximate surface area is 130 Å². The van der Waals surface area contributed by atoms with Gasteiger partial charge in [0.15, 0.2) is 0 Å². The van der Waals surface area contributed by atoms with Crippen LogP contribution in [0.25, 0.3) is 5.57 Å². The van der Waals surface area contributed by atoms with E-state index in [-0.39, 0.29) is 18.6 Å². The number of benzene rings is 2. The number of nitrogens with zero attached hydrogens (tertiary/aromatic N) is 1. The maximum absolute atomic E-state index is 12.9. The summed E-state index contributed by atoms with van der Waals surface area (Å²) >= 11 is 0. The minimum atomic E-state index is -0.160. The molecule has 3 heteroatoms. The van der Waals surface area contributed by atoms with Crippen molar-refractivity contribution < 1.29 is 9.90 Å². The van der Waals surface area contributed by atoms with Crippen molar-refractivity contribution >= 4 is 11.5 Å². The van der Waals surface area contributed by atoms with E-state index < -0.39 is 0 Å². The highest BCUT2D eigenvalue weighted by molar-refractivity contribution is 6.03. The van der Waals surface area contributed by atoms with Crippen molar-refractivity contribution in [2.75, 3.05) is 6.61 Å². The van der Waals surface area contributed by atoms with Crippen molar-refractivity contribution in [3.05, 3.63) is 77.9 Å². The van der Waals surface area contributed by atoms with Gasteiger partial charge >= 0.3 is 0 Å². The van der Waals surface area contributed by atoms with Crippen molar-refractivity contribution in [3.8, 4) is 0 Å². The maximum atomic E-state index is 12.9. The van der Waals surface area contributed by atoms with Gasteiger partial charge in [0.2, 0.25) is 0 Å². The number of carbonyl (C=O) groups excluding carboxylic acids is 1. The molecule has 1 aliphatic heterocycles. The van der Waals surface area contributed by atoms with Crippen LogP contribution in [0.5, 0.6) is 0 Å². The SMILES string of the molecule is C=C1c2ccccc2C(=O)N(Cc2ccccc2)C1CCO. The zero-order valence-electron chi connectivity index (χ0n) is 12.4. The molecule has 0 aromatic heterocycles. The molecule has 2 aromatic carbocycles. The largest absolute Gasteiger partial charge is 0.396 e. The molecule has 1 atom stereocenters. The quantitative estimate of drug-likeness (QED) is 0.941. The molecule has 22 heavy (non-hydrogen) atoms. The number of fused-ring (bicyclic) bond motifs is 1. The summed E-state index contributed by atoms with van der Waals surface area (Å²) < 4.78 is 0. The van der Waals surface area contributed by atoms with E-state index in [4.69, 9.17) is 0 Å². The van der Waals surface area contributed by atoms with Crippen LogP contribution in [-0.4, -0.2) is 28.6 Å². The first-order valence-corrected chi connectivity index (χ1v) is 7.46. The number of hydrogen-bond donors (Lipinski definition) is 1. The second kappa shape index (κ2) is 6.16. The van der Waals surface area contributed by atoms with Crippen LogP contribution in [0.2, 0.25) is 0 Å². The van der Waals surface area contributed by atoms with Crippen LogP contribution in [0.15, 0.2) is 61.2 Å². The summed E-state index contributed by atoms with van der Waals surface area (Å²) in [6.45, 7) is 4.73. The lowest BCUT2D eigenvalue weighted by Gasteiger charge is -2.38. The zero-order valence-corrected chi connectivity index (χ0v) is 12.4. The molecule has 1 aliphatic rings. The van der Waals surface area contributed by atoms with Gasteiger partial charge in [-0.15, -0.1) is 0 Å². The molecule has 0 fully saturated rings. The predicted octanol–water partition coefficient (Wildman–Crippen LogP) is 3.11. The molecule has 3 nitrogen and oxygen atoms in total. The first-order valence-electron chi connectivity index (χ1n) is 7.46. The average molecular weight is 293 g/mol. The minimum absolute atomic E-state index is 0.00491. The molecule has 1 N–H and O–H groups in total. The highest BCUT2D eigenvalue weighted by atomic mass is 16.3. The van der Waals surface area contributed by atoms with Crippen molar-refractivity contribution in [2.45, 2.75) is 19.0 Å². The normalized spacial score (nSPS) is 17.5. The summed E-state index contributed by atoms with van der Waals surface area (Å²) in [5.74, 6) is 0.00491. The Bertz CT molecular complexity index is 694. The summed E-state index contributed by atoms with van der Waals surface area (Å²) in [6, 6.07) is 17.3. The molecule has 0 aliphatic carbocycles. The van der Waals surface area contributed by atoms with E-state index in [0.717, 1.165) is 16.7 Å². The zero-order chi connectivity index (χ0) is 15.5. The lowest BCUT2D eigenvalue weighted by Crippen LogP contribution is -2.44. The summed E-state index contributed by atoms with van der Waals surface area (Å²) in [4.78, 5) is 14.7. The molecule has 0 radical (unpaired) electrons. The first kappa shape index (κ1) is 14.5. The Kier molecular flexibility index (Phi) is 4.07. The molecule has 0 saturated carbocycles. The molecule has 0 saturated heterocycles. The van der Waals surface area contributed by atoms with Gasteiger partial charge in [0.25, 0.3) is 5.91 Å². The summed E-state index contributed by atoms with van der Waals surface area (Å²) in [5, 5.41) is 9.38.